The summed E-state index contributed by atoms with van der Waals surface area (Å²) in [6, 6.07) is 15.6. The molecule has 0 saturated heterocycles. The Morgan fingerprint density at radius 3 is 2.58 bits per heavy atom. The molecular weight excluding hydrogens is 785 g/mol. The number of nitrogens with one attached hydrogen (secondary N) is 1. The number of hydrazone groups is 1. The van der Waals surface area contributed by atoms with Gasteiger partial charge in [0.05, 0.1) is 17.8 Å². The molecule has 0 fully saturated rings. The highest BCUT2D eigenvalue weighted by molar-refractivity contribution is 14.1. The van der Waals surface area contributed by atoms with Crippen molar-refractivity contribution in [3.8, 4) is 5.75 Å². The lowest BCUT2D eigenvalue weighted by molar-refractivity contribution is 0.0929. The zero-order valence-electron chi connectivity index (χ0n) is 16.5. The number of rotatable bonds is 6. The van der Waals surface area contributed by atoms with Crippen molar-refractivity contribution in [3.63, 3.8) is 0 Å². The number of hydrogen-bond acceptors (Lipinski definition) is 4. The van der Waals surface area contributed by atoms with E-state index in [2.05, 4.69) is 87.6 Å². The van der Waals surface area contributed by atoms with Gasteiger partial charge < -0.3 is 9.15 Å². The quantitative estimate of drug-likeness (QED) is 0.124. The number of hydrogen-bond donors (Lipinski definition) is 1. The van der Waals surface area contributed by atoms with E-state index >= 15 is 0 Å². The van der Waals surface area contributed by atoms with E-state index in [9.17, 15) is 9.18 Å². The van der Waals surface area contributed by atoms with Crippen molar-refractivity contribution in [1.82, 2.24) is 5.43 Å². The molecule has 0 bridgehead atoms. The highest BCUT2D eigenvalue weighted by atomic mass is 127. The average Bonchev–Trinajstić information content (AvgIpc) is 3.19. The fourth-order valence-electron chi connectivity index (χ4n) is 2.97. The van der Waals surface area contributed by atoms with E-state index in [0.29, 0.717) is 16.9 Å². The zero-order chi connectivity index (χ0) is 23.5. The number of ether oxygens (including phenoxy) is 1. The molecule has 5 nitrogen and oxygen atoms in total. The monoisotopic (exact) mass is 796 g/mol. The van der Waals surface area contributed by atoms with E-state index in [4.69, 9.17) is 9.15 Å². The second-order valence-electron chi connectivity index (χ2n) is 6.81. The molecule has 3 aromatic carbocycles. The van der Waals surface area contributed by atoms with Crippen molar-refractivity contribution in [2.75, 3.05) is 0 Å². The smallest absolute Gasteiger partial charge is 0.307 e. The maximum Gasteiger partial charge on any atom is 0.307 e. The van der Waals surface area contributed by atoms with Gasteiger partial charge in [0, 0.05) is 15.4 Å². The van der Waals surface area contributed by atoms with Crippen LogP contribution in [0.3, 0.4) is 0 Å². The van der Waals surface area contributed by atoms with Crippen molar-refractivity contribution in [2.45, 2.75) is 6.61 Å². The Bertz CT molecular complexity index is 1370. The second kappa shape index (κ2) is 10.8. The number of benzene rings is 3. The Morgan fingerprint density at radius 1 is 1.12 bits per heavy atom. The lowest BCUT2D eigenvalue weighted by atomic mass is 10.2. The third-order valence-corrected chi connectivity index (χ3v) is 7.14. The van der Waals surface area contributed by atoms with Crippen LogP contribution in [-0.4, -0.2) is 12.1 Å². The van der Waals surface area contributed by atoms with Crippen LogP contribution in [0.2, 0.25) is 0 Å². The van der Waals surface area contributed by atoms with Crippen LogP contribution in [0.25, 0.3) is 11.0 Å². The Kier molecular flexibility index (Phi) is 8.07. The van der Waals surface area contributed by atoms with Crippen molar-refractivity contribution in [3.05, 3.63) is 93.4 Å². The van der Waals surface area contributed by atoms with Crippen molar-refractivity contribution >= 4 is 100 Å². The number of halogens is 5. The average molecular weight is 798 g/mol. The predicted molar refractivity (Wildman–Crippen MR) is 149 cm³/mol. The molecule has 0 radical (unpaired) electrons. The summed E-state index contributed by atoms with van der Waals surface area (Å²) in [5.41, 5.74) is 4.33. The fourth-order valence-corrected chi connectivity index (χ4v) is 6.43. The molecular formula is C23H13Br2FI2N2O3. The van der Waals surface area contributed by atoms with Gasteiger partial charge in [-0.05, 0) is 103 Å². The number of fused-ring (bicyclic) bond motifs is 1. The summed E-state index contributed by atoms with van der Waals surface area (Å²) in [5.74, 6) is 0.0628. The Labute approximate surface area is 232 Å². The van der Waals surface area contributed by atoms with Gasteiger partial charge in [0.15, 0.2) is 5.76 Å². The Morgan fingerprint density at radius 2 is 1.85 bits per heavy atom. The minimum absolute atomic E-state index is 0.131. The zero-order valence-corrected chi connectivity index (χ0v) is 24.0. The standard InChI is InChI=1S/C23H13Br2FI2N2O3/c24-15-7-14-8-20(33-21(14)16(25)9-15)23(31)30-29-10-12-5-18(27)22(19(28)6-12)32-11-13-3-1-2-4-17(13)26/h1-10H,11H2,(H,30,31)/b29-10-. The SMILES string of the molecule is O=C(N/N=C\c1cc(I)c(OCc2ccccc2F)c(I)c1)c1cc2cc(Br)cc(Br)c2o1. The minimum atomic E-state index is -0.459. The van der Waals surface area contributed by atoms with E-state index in [1.807, 2.05) is 24.3 Å². The molecule has 4 rings (SSSR count). The molecule has 0 unspecified atom stereocenters. The second-order valence-corrected chi connectivity index (χ2v) is 10.9. The van der Waals surface area contributed by atoms with E-state index in [-0.39, 0.29) is 18.2 Å². The summed E-state index contributed by atoms with van der Waals surface area (Å²) in [5, 5.41) is 4.83. The fraction of sp³-hybridized carbons (Fsp3) is 0.0435. The summed E-state index contributed by atoms with van der Waals surface area (Å²) < 4.78 is 28.6. The lowest BCUT2D eigenvalue weighted by Gasteiger charge is -2.12. The number of amides is 1. The van der Waals surface area contributed by atoms with E-state index in [1.165, 1.54) is 12.3 Å². The van der Waals surface area contributed by atoms with Crippen LogP contribution in [0, 0.1) is 13.0 Å². The molecule has 1 aromatic heterocycles. The van der Waals surface area contributed by atoms with Crippen LogP contribution in [0.4, 0.5) is 4.39 Å². The van der Waals surface area contributed by atoms with Crippen LogP contribution >= 0.6 is 77.0 Å². The number of carbonyl (C=O) groups is 1. The summed E-state index contributed by atoms with van der Waals surface area (Å²) >= 11 is 11.2. The molecule has 10 heteroatoms. The third-order valence-electron chi connectivity index (χ3n) is 4.49. The summed E-state index contributed by atoms with van der Waals surface area (Å²) in [7, 11) is 0. The first-order valence-electron chi connectivity index (χ1n) is 9.39. The molecule has 0 atom stereocenters. The highest BCUT2D eigenvalue weighted by Crippen LogP contribution is 2.31. The first-order valence-corrected chi connectivity index (χ1v) is 13.1. The predicted octanol–water partition coefficient (Wildman–Crippen LogP) is 7.65. The van der Waals surface area contributed by atoms with Gasteiger partial charge in [0.1, 0.15) is 23.8 Å². The molecule has 0 spiro atoms. The number of furan rings is 1. The molecule has 168 valence electrons. The van der Waals surface area contributed by atoms with Crippen LogP contribution in [0.1, 0.15) is 21.7 Å². The topological polar surface area (TPSA) is 63.8 Å². The van der Waals surface area contributed by atoms with Gasteiger partial charge in [-0.3, -0.25) is 4.79 Å². The van der Waals surface area contributed by atoms with Crippen molar-refractivity contribution in [2.24, 2.45) is 5.10 Å². The van der Waals surface area contributed by atoms with Crippen molar-refractivity contribution in [1.29, 1.82) is 0 Å². The molecule has 0 aliphatic heterocycles. The van der Waals surface area contributed by atoms with Gasteiger partial charge in [-0.25, -0.2) is 9.82 Å². The maximum atomic E-state index is 13.8. The summed E-state index contributed by atoms with van der Waals surface area (Å²) in [6.45, 7) is 0.131. The molecule has 0 aliphatic rings. The lowest BCUT2D eigenvalue weighted by Crippen LogP contribution is -2.16. The summed E-state index contributed by atoms with van der Waals surface area (Å²) in [6.07, 6.45) is 1.54. The first kappa shape index (κ1) is 24.6. The van der Waals surface area contributed by atoms with Gasteiger partial charge in [0.2, 0.25) is 0 Å². The van der Waals surface area contributed by atoms with Gasteiger partial charge >= 0.3 is 5.91 Å². The summed E-state index contributed by atoms with van der Waals surface area (Å²) in [4.78, 5) is 12.4. The molecule has 1 heterocycles. The Balaban J connectivity index is 1.43. The molecule has 0 aliphatic carbocycles. The van der Waals surface area contributed by atoms with E-state index in [1.54, 1.807) is 24.3 Å². The molecule has 33 heavy (non-hydrogen) atoms. The van der Waals surface area contributed by atoms with E-state index in [0.717, 1.165) is 27.0 Å². The number of nitrogens with zero attached hydrogens (tertiary/aromatic N) is 1. The first-order chi connectivity index (χ1) is 15.8. The number of carbonyl (C=O) groups excluding carboxylic acids is 1. The minimum Gasteiger partial charge on any atom is -0.487 e. The van der Waals surface area contributed by atoms with Gasteiger partial charge in [-0.2, -0.15) is 5.10 Å². The molecule has 4 aromatic rings. The molecule has 1 amide bonds. The maximum absolute atomic E-state index is 13.8. The normalized spacial score (nSPS) is 11.3. The van der Waals surface area contributed by atoms with Crippen LogP contribution in [0.15, 0.2) is 73.1 Å². The van der Waals surface area contributed by atoms with Gasteiger partial charge in [-0.15, -0.1) is 0 Å². The largest absolute Gasteiger partial charge is 0.487 e. The van der Waals surface area contributed by atoms with Gasteiger partial charge in [-0.1, -0.05) is 34.1 Å². The van der Waals surface area contributed by atoms with Gasteiger partial charge in [0.25, 0.3) is 0 Å². The van der Waals surface area contributed by atoms with Crippen LogP contribution < -0.4 is 10.2 Å². The molecule has 0 saturated carbocycles. The highest BCUT2D eigenvalue weighted by Gasteiger charge is 2.14. The van der Waals surface area contributed by atoms with Crippen molar-refractivity contribution < 1.29 is 18.3 Å². The van der Waals surface area contributed by atoms with Crippen LogP contribution in [0.5, 0.6) is 5.75 Å². The van der Waals surface area contributed by atoms with Crippen LogP contribution in [-0.2, 0) is 6.61 Å². The molecule has 1 N–H and O–H groups in total. The van der Waals surface area contributed by atoms with E-state index < -0.39 is 5.91 Å². The third kappa shape index (κ3) is 5.95. The Hall–Kier alpha value is -1.51.